The third-order valence-corrected chi connectivity index (χ3v) is 5.35. The van der Waals surface area contributed by atoms with E-state index in [4.69, 9.17) is 0 Å². The van der Waals surface area contributed by atoms with Gasteiger partial charge in [0.25, 0.3) is 0 Å². The lowest BCUT2D eigenvalue weighted by molar-refractivity contribution is 0.445. The highest BCUT2D eigenvalue weighted by molar-refractivity contribution is 5.31. The third kappa shape index (κ3) is 5.31. The minimum Gasteiger partial charge on any atom is -0.207 e. The molecule has 0 amide bonds. The molecule has 7 heteroatoms. The van der Waals surface area contributed by atoms with Gasteiger partial charge in [0.15, 0.2) is 29.1 Å². The van der Waals surface area contributed by atoms with E-state index in [0.717, 1.165) is 24.3 Å². The van der Waals surface area contributed by atoms with Gasteiger partial charge in [-0.3, -0.25) is 0 Å². The Morgan fingerprint density at radius 2 is 0.938 bits per heavy atom. The number of benzene rings is 3. The van der Waals surface area contributed by atoms with Crippen LogP contribution >= 0.6 is 0 Å². The second kappa shape index (κ2) is 10.2. The summed E-state index contributed by atoms with van der Waals surface area (Å²) in [6, 6.07) is 6.76. The van der Waals surface area contributed by atoms with Crippen molar-refractivity contribution in [2.75, 3.05) is 0 Å². The molecule has 0 fully saturated rings. The van der Waals surface area contributed by atoms with Gasteiger partial charge in [-0.25, -0.2) is 30.7 Å². The van der Waals surface area contributed by atoms with Crippen molar-refractivity contribution in [2.24, 2.45) is 0 Å². The average molecular weight is 454 g/mol. The lowest BCUT2D eigenvalue weighted by Crippen LogP contribution is -2.04. The standard InChI is InChI=1S/C25H21F7/c1-2-3-16-7-8-17(24(31)23(16)30)6-4-14-10-19(26)18(20(27)11-14)9-5-15-12-21(28)25(32)22(29)13-15/h7-8,10-13H,2-6,9H2,1H3. The fourth-order valence-electron chi connectivity index (χ4n) is 3.62. The largest absolute Gasteiger partial charge is 0.207 e. The van der Waals surface area contributed by atoms with Gasteiger partial charge in [0.05, 0.1) is 0 Å². The van der Waals surface area contributed by atoms with Gasteiger partial charge in [0, 0.05) is 5.56 Å². The summed E-state index contributed by atoms with van der Waals surface area (Å²) in [4.78, 5) is 0. The average Bonchev–Trinajstić information content (AvgIpc) is 2.74. The smallest absolute Gasteiger partial charge is 0.194 e. The van der Waals surface area contributed by atoms with Crippen LogP contribution in [0, 0.1) is 40.7 Å². The minimum atomic E-state index is -1.60. The van der Waals surface area contributed by atoms with Crippen LogP contribution in [0.25, 0.3) is 0 Å². The van der Waals surface area contributed by atoms with Crippen molar-refractivity contribution in [2.45, 2.75) is 45.4 Å². The summed E-state index contributed by atoms with van der Waals surface area (Å²) in [5.41, 5.74) is 0.456. The van der Waals surface area contributed by atoms with E-state index in [0.29, 0.717) is 12.8 Å². The van der Waals surface area contributed by atoms with Crippen LogP contribution in [0.5, 0.6) is 0 Å². The predicted molar refractivity (Wildman–Crippen MR) is 108 cm³/mol. The molecule has 0 aliphatic carbocycles. The van der Waals surface area contributed by atoms with Crippen LogP contribution in [0.4, 0.5) is 30.7 Å². The molecule has 0 radical (unpaired) electrons. The lowest BCUT2D eigenvalue weighted by atomic mass is 9.98. The molecule has 0 spiro atoms. The molecular weight excluding hydrogens is 433 g/mol. The van der Waals surface area contributed by atoms with Crippen LogP contribution in [0.2, 0.25) is 0 Å². The van der Waals surface area contributed by atoms with Gasteiger partial charge in [-0.2, -0.15) is 0 Å². The van der Waals surface area contributed by atoms with Crippen LogP contribution in [0.3, 0.4) is 0 Å². The first-order chi connectivity index (χ1) is 15.2. The molecule has 0 unspecified atom stereocenters. The summed E-state index contributed by atoms with van der Waals surface area (Å²) < 4.78 is 96.9. The van der Waals surface area contributed by atoms with Gasteiger partial charge < -0.3 is 0 Å². The van der Waals surface area contributed by atoms with E-state index in [1.165, 1.54) is 12.1 Å². The van der Waals surface area contributed by atoms with E-state index >= 15 is 0 Å². The second-order valence-electron chi connectivity index (χ2n) is 7.67. The SMILES string of the molecule is CCCc1ccc(CCc2cc(F)c(CCc3cc(F)c(F)c(F)c3)c(F)c2)c(F)c1F. The first kappa shape index (κ1) is 23.8. The number of aryl methyl sites for hydroxylation is 4. The number of hydrogen-bond acceptors (Lipinski definition) is 0. The molecule has 0 saturated heterocycles. The summed E-state index contributed by atoms with van der Waals surface area (Å²) in [5.74, 6) is -7.91. The van der Waals surface area contributed by atoms with Crippen LogP contribution in [0.15, 0.2) is 36.4 Å². The zero-order chi connectivity index (χ0) is 23.4. The van der Waals surface area contributed by atoms with Crippen molar-refractivity contribution in [1.82, 2.24) is 0 Å². The molecule has 0 atom stereocenters. The first-order valence-electron chi connectivity index (χ1n) is 10.3. The van der Waals surface area contributed by atoms with Gasteiger partial charge >= 0.3 is 0 Å². The van der Waals surface area contributed by atoms with Crippen molar-refractivity contribution < 1.29 is 30.7 Å². The Morgan fingerprint density at radius 3 is 1.44 bits per heavy atom. The normalized spacial score (nSPS) is 11.2. The summed E-state index contributed by atoms with van der Waals surface area (Å²) in [7, 11) is 0. The lowest BCUT2D eigenvalue weighted by Gasteiger charge is -2.11. The maximum absolute atomic E-state index is 14.5. The van der Waals surface area contributed by atoms with Crippen molar-refractivity contribution in [3.8, 4) is 0 Å². The Hall–Kier alpha value is -2.83. The molecule has 3 aromatic rings. The molecule has 0 nitrogen and oxygen atoms in total. The fraction of sp³-hybridized carbons (Fsp3) is 0.280. The highest BCUT2D eigenvalue weighted by Gasteiger charge is 2.16. The molecule has 0 saturated carbocycles. The topological polar surface area (TPSA) is 0 Å². The maximum Gasteiger partial charge on any atom is 0.194 e. The molecule has 0 heterocycles. The summed E-state index contributed by atoms with van der Waals surface area (Å²) in [6.07, 6.45) is 0.939. The monoisotopic (exact) mass is 454 g/mol. The fourth-order valence-corrected chi connectivity index (χ4v) is 3.62. The van der Waals surface area contributed by atoms with Gasteiger partial charge in [-0.15, -0.1) is 0 Å². The highest BCUT2D eigenvalue weighted by Crippen LogP contribution is 2.23. The molecule has 0 aliphatic heterocycles. The summed E-state index contributed by atoms with van der Waals surface area (Å²) in [5, 5.41) is 0. The molecule has 170 valence electrons. The Bertz CT molecular complexity index is 1080. The van der Waals surface area contributed by atoms with Crippen molar-refractivity contribution in [3.05, 3.63) is 105 Å². The Kier molecular flexibility index (Phi) is 7.59. The second-order valence-corrected chi connectivity index (χ2v) is 7.67. The summed E-state index contributed by atoms with van der Waals surface area (Å²) >= 11 is 0. The molecule has 3 aromatic carbocycles. The van der Waals surface area contributed by atoms with Crippen molar-refractivity contribution in [1.29, 1.82) is 0 Å². The van der Waals surface area contributed by atoms with E-state index in [1.54, 1.807) is 0 Å². The van der Waals surface area contributed by atoms with E-state index in [1.807, 2.05) is 6.92 Å². The van der Waals surface area contributed by atoms with Gasteiger partial charge in [-0.05, 0) is 78.6 Å². The molecule has 0 N–H and O–H groups in total. The third-order valence-electron chi connectivity index (χ3n) is 5.35. The molecule has 0 aliphatic rings. The van der Waals surface area contributed by atoms with E-state index in [9.17, 15) is 30.7 Å². The molecule has 0 aromatic heterocycles. The molecular formula is C25H21F7. The minimum absolute atomic E-state index is 0.0571. The highest BCUT2D eigenvalue weighted by atomic mass is 19.2. The van der Waals surface area contributed by atoms with Crippen molar-refractivity contribution in [3.63, 3.8) is 0 Å². The van der Waals surface area contributed by atoms with Crippen LogP contribution < -0.4 is 0 Å². The zero-order valence-corrected chi connectivity index (χ0v) is 17.4. The van der Waals surface area contributed by atoms with Crippen molar-refractivity contribution >= 4 is 0 Å². The Labute approximate surface area is 181 Å². The first-order valence-corrected chi connectivity index (χ1v) is 10.3. The number of halogens is 7. The number of hydrogen-bond donors (Lipinski definition) is 0. The van der Waals surface area contributed by atoms with Crippen LogP contribution in [-0.4, -0.2) is 0 Å². The van der Waals surface area contributed by atoms with Gasteiger partial charge in [-0.1, -0.05) is 25.5 Å². The molecule has 3 rings (SSSR count). The van der Waals surface area contributed by atoms with E-state index in [2.05, 4.69) is 0 Å². The predicted octanol–water partition coefficient (Wildman–Crippen LogP) is 7.18. The van der Waals surface area contributed by atoms with Gasteiger partial charge in [0.2, 0.25) is 0 Å². The van der Waals surface area contributed by atoms with Crippen LogP contribution in [-0.2, 0) is 32.1 Å². The molecule has 32 heavy (non-hydrogen) atoms. The zero-order valence-electron chi connectivity index (χ0n) is 17.4. The maximum atomic E-state index is 14.5. The Balaban J connectivity index is 1.70. The van der Waals surface area contributed by atoms with E-state index < -0.39 is 40.7 Å². The van der Waals surface area contributed by atoms with E-state index in [-0.39, 0.29) is 53.5 Å². The Morgan fingerprint density at radius 1 is 0.500 bits per heavy atom. The quantitative estimate of drug-likeness (QED) is 0.250. The summed E-state index contributed by atoms with van der Waals surface area (Å²) in [6.45, 7) is 1.86. The number of rotatable bonds is 8. The van der Waals surface area contributed by atoms with Crippen LogP contribution in [0.1, 0.15) is 41.2 Å². The molecule has 0 bridgehead atoms. The van der Waals surface area contributed by atoms with Gasteiger partial charge in [0.1, 0.15) is 11.6 Å².